The zero-order valence-electron chi connectivity index (χ0n) is 11.6. The number of methoxy groups -OCH3 is 2. The van der Waals surface area contributed by atoms with Crippen molar-refractivity contribution in [3.63, 3.8) is 0 Å². The van der Waals surface area contributed by atoms with Gasteiger partial charge in [0.05, 0.1) is 25.8 Å². The maximum absolute atomic E-state index is 12.1. The topological polar surface area (TPSA) is 56.8 Å². The van der Waals surface area contributed by atoms with E-state index in [4.69, 9.17) is 25.8 Å². The largest absolute Gasteiger partial charge is 0.493 e. The summed E-state index contributed by atoms with van der Waals surface area (Å²) in [5, 5.41) is 3.23. The van der Waals surface area contributed by atoms with Crippen LogP contribution in [0.15, 0.2) is 12.1 Å². The fraction of sp³-hybridized carbons (Fsp3) is 0.500. The van der Waals surface area contributed by atoms with E-state index < -0.39 is 0 Å². The number of carbonyl (C=O) groups excluding carboxylic acids is 1. The number of ether oxygens (including phenoxy) is 3. The van der Waals surface area contributed by atoms with Crippen LogP contribution in [0.3, 0.4) is 0 Å². The fourth-order valence-electron chi connectivity index (χ4n) is 2.13. The van der Waals surface area contributed by atoms with Crippen molar-refractivity contribution in [2.45, 2.75) is 6.42 Å². The van der Waals surface area contributed by atoms with Gasteiger partial charge in [-0.05, 0) is 18.6 Å². The zero-order valence-corrected chi connectivity index (χ0v) is 12.3. The Morgan fingerprint density at radius 2 is 2.25 bits per heavy atom. The Balaban J connectivity index is 2.07. The summed E-state index contributed by atoms with van der Waals surface area (Å²) in [6.07, 6.45) is 0.979. The first-order valence-electron chi connectivity index (χ1n) is 6.43. The number of hydrogen-bond donors (Lipinski definition) is 1. The third-order valence-corrected chi connectivity index (χ3v) is 3.55. The lowest BCUT2D eigenvalue weighted by Crippen LogP contribution is -2.29. The van der Waals surface area contributed by atoms with E-state index in [2.05, 4.69) is 5.32 Å². The molecular formula is C14H18ClNO4. The number of nitrogens with one attached hydrogen (secondary N) is 1. The summed E-state index contributed by atoms with van der Waals surface area (Å²) in [6, 6.07) is 3.19. The van der Waals surface area contributed by atoms with Gasteiger partial charge in [0.2, 0.25) is 0 Å². The van der Waals surface area contributed by atoms with Gasteiger partial charge >= 0.3 is 0 Å². The van der Waals surface area contributed by atoms with Crippen molar-refractivity contribution in [2.24, 2.45) is 5.92 Å². The lowest BCUT2D eigenvalue weighted by Gasteiger charge is -2.13. The molecule has 1 unspecified atom stereocenters. The summed E-state index contributed by atoms with van der Waals surface area (Å²) in [7, 11) is 3.01. The van der Waals surface area contributed by atoms with Crippen molar-refractivity contribution in [1.29, 1.82) is 0 Å². The van der Waals surface area contributed by atoms with E-state index in [0.29, 0.717) is 41.2 Å². The van der Waals surface area contributed by atoms with E-state index in [9.17, 15) is 4.79 Å². The van der Waals surface area contributed by atoms with Gasteiger partial charge < -0.3 is 19.5 Å². The number of rotatable bonds is 5. The van der Waals surface area contributed by atoms with Crippen molar-refractivity contribution in [2.75, 3.05) is 34.0 Å². The van der Waals surface area contributed by atoms with E-state index in [1.807, 2.05) is 0 Å². The van der Waals surface area contributed by atoms with Gasteiger partial charge in [0.15, 0.2) is 11.5 Å². The lowest BCUT2D eigenvalue weighted by molar-refractivity contribution is 0.0944. The highest BCUT2D eigenvalue weighted by Crippen LogP contribution is 2.35. The zero-order chi connectivity index (χ0) is 14.5. The number of amides is 1. The van der Waals surface area contributed by atoms with E-state index >= 15 is 0 Å². The Hall–Kier alpha value is -1.46. The average Bonchev–Trinajstić information content (AvgIpc) is 2.97. The van der Waals surface area contributed by atoms with Crippen molar-refractivity contribution in [1.82, 2.24) is 5.32 Å². The third kappa shape index (κ3) is 3.35. The minimum atomic E-state index is -0.181. The Labute approximate surface area is 123 Å². The molecule has 20 heavy (non-hydrogen) atoms. The van der Waals surface area contributed by atoms with Crippen LogP contribution in [0.2, 0.25) is 5.02 Å². The molecular weight excluding hydrogens is 282 g/mol. The van der Waals surface area contributed by atoms with Gasteiger partial charge in [-0.2, -0.15) is 0 Å². The molecule has 0 aromatic heterocycles. The molecule has 0 bridgehead atoms. The summed E-state index contributed by atoms with van der Waals surface area (Å²) >= 11 is 6.08. The molecule has 1 aliphatic rings. The summed E-state index contributed by atoms with van der Waals surface area (Å²) in [5.41, 5.74) is 0.451. The number of halogens is 1. The molecule has 1 aromatic rings. The predicted molar refractivity (Wildman–Crippen MR) is 75.8 cm³/mol. The second-order valence-electron chi connectivity index (χ2n) is 4.63. The minimum absolute atomic E-state index is 0.181. The molecule has 1 amide bonds. The highest BCUT2D eigenvalue weighted by Gasteiger charge is 2.18. The van der Waals surface area contributed by atoms with Gasteiger partial charge in [0.1, 0.15) is 0 Å². The van der Waals surface area contributed by atoms with Crippen LogP contribution in [0.25, 0.3) is 0 Å². The van der Waals surface area contributed by atoms with Gasteiger partial charge in [-0.1, -0.05) is 11.6 Å². The monoisotopic (exact) mass is 299 g/mol. The molecule has 2 rings (SSSR count). The second kappa shape index (κ2) is 6.81. The molecule has 1 fully saturated rings. The van der Waals surface area contributed by atoms with Gasteiger partial charge in [0, 0.05) is 24.6 Å². The van der Waals surface area contributed by atoms with E-state index in [1.54, 1.807) is 12.1 Å². The lowest BCUT2D eigenvalue weighted by atomic mass is 10.1. The Morgan fingerprint density at radius 3 is 2.85 bits per heavy atom. The summed E-state index contributed by atoms with van der Waals surface area (Å²) in [5.74, 6) is 1.07. The molecule has 1 aliphatic heterocycles. The first-order chi connectivity index (χ1) is 9.65. The molecule has 0 radical (unpaired) electrons. The molecule has 1 aromatic carbocycles. The quantitative estimate of drug-likeness (QED) is 0.905. The Kier molecular flexibility index (Phi) is 5.09. The molecule has 5 nitrogen and oxygen atoms in total. The van der Waals surface area contributed by atoms with Crippen molar-refractivity contribution >= 4 is 17.5 Å². The predicted octanol–water partition coefficient (Wildman–Crippen LogP) is 2.12. The van der Waals surface area contributed by atoms with Crippen LogP contribution < -0.4 is 14.8 Å². The van der Waals surface area contributed by atoms with Gasteiger partial charge in [-0.25, -0.2) is 0 Å². The third-order valence-electron chi connectivity index (χ3n) is 3.27. The molecule has 1 saturated heterocycles. The van der Waals surface area contributed by atoms with Gasteiger partial charge in [-0.3, -0.25) is 4.79 Å². The number of carbonyl (C=O) groups is 1. The minimum Gasteiger partial charge on any atom is -0.493 e. The van der Waals surface area contributed by atoms with Crippen LogP contribution >= 0.6 is 11.6 Å². The maximum Gasteiger partial charge on any atom is 0.251 e. The first kappa shape index (κ1) is 14.9. The van der Waals surface area contributed by atoms with Crippen LogP contribution in [0.5, 0.6) is 11.5 Å². The summed E-state index contributed by atoms with van der Waals surface area (Å²) in [6.45, 7) is 2.07. The molecule has 0 aliphatic carbocycles. The molecule has 1 N–H and O–H groups in total. The number of hydrogen-bond acceptors (Lipinski definition) is 4. The average molecular weight is 300 g/mol. The fourth-order valence-corrected chi connectivity index (χ4v) is 2.42. The van der Waals surface area contributed by atoms with Crippen LogP contribution in [-0.2, 0) is 4.74 Å². The van der Waals surface area contributed by atoms with E-state index in [-0.39, 0.29) is 5.91 Å². The highest BCUT2D eigenvalue weighted by atomic mass is 35.5. The first-order valence-corrected chi connectivity index (χ1v) is 6.81. The smallest absolute Gasteiger partial charge is 0.251 e. The molecule has 6 heteroatoms. The number of benzene rings is 1. The summed E-state index contributed by atoms with van der Waals surface area (Å²) < 4.78 is 15.6. The van der Waals surface area contributed by atoms with Crippen LogP contribution in [0.4, 0.5) is 0 Å². The molecule has 0 spiro atoms. The Bertz CT molecular complexity index is 486. The van der Waals surface area contributed by atoms with Gasteiger partial charge in [-0.15, -0.1) is 0 Å². The maximum atomic E-state index is 12.1. The van der Waals surface area contributed by atoms with Crippen LogP contribution in [0.1, 0.15) is 16.8 Å². The van der Waals surface area contributed by atoms with Crippen molar-refractivity contribution in [3.8, 4) is 11.5 Å². The SMILES string of the molecule is COc1cc(C(=O)NCC2CCOC2)cc(Cl)c1OC. The highest BCUT2D eigenvalue weighted by molar-refractivity contribution is 6.32. The van der Waals surface area contributed by atoms with Crippen molar-refractivity contribution < 1.29 is 19.0 Å². The van der Waals surface area contributed by atoms with Crippen LogP contribution in [-0.4, -0.2) is 39.9 Å². The summed E-state index contributed by atoms with van der Waals surface area (Å²) in [4.78, 5) is 12.1. The molecule has 1 heterocycles. The molecule has 0 saturated carbocycles. The van der Waals surface area contributed by atoms with Gasteiger partial charge in [0.25, 0.3) is 5.91 Å². The van der Waals surface area contributed by atoms with Crippen molar-refractivity contribution in [3.05, 3.63) is 22.7 Å². The second-order valence-corrected chi connectivity index (χ2v) is 5.04. The standard InChI is InChI=1S/C14H18ClNO4/c1-18-12-6-10(5-11(15)13(12)19-2)14(17)16-7-9-3-4-20-8-9/h5-6,9H,3-4,7-8H2,1-2H3,(H,16,17). The van der Waals surface area contributed by atoms with E-state index in [1.165, 1.54) is 14.2 Å². The normalized spacial score (nSPS) is 17.9. The molecule has 1 atom stereocenters. The molecule has 110 valence electrons. The van der Waals surface area contributed by atoms with E-state index in [0.717, 1.165) is 13.0 Å². The Morgan fingerprint density at radius 1 is 1.45 bits per heavy atom. The van der Waals surface area contributed by atoms with Crippen LogP contribution in [0, 0.1) is 5.92 Å².